The fourth-order valence-electron chi connectivity index (χ4n) is 12.8. The van der Waals surface area contributed by atoms with Crippen molar-refractivity contribution < 1.29 is 88.9 Å². The number of nitriles is 1. The number of benzene rings is 10. The van der Waals surface area contributed by atoms with Gasteiger partial charge < -0.3 is 38.6 Å². The van der Waals surface area contributed by atoms with Crippen LogP contribution in [0.25, 0.3) is 0 Å². The number of phenols is 1. The Kier molecular flexibility index (Phi) is 28.3. The van der Waals surface area contributed by atoms with E-state index in [-0.39, 0.29) is 69.6 Å². The molecule has 24 nitrogen and oxygen atoms in total. The smallest absolute Gasteiger partial charge is 0.274 e. The number of phenolic OH excluding ortho intramolecular Hbond substituents is 1. The fraction of sp³-hybridized carbons (Fsp3) is 0.193. The highest BCUT2D eigenvalue weighted by atomic mass is 19.1. The Bertz CT molecular complexity index is 5370. The van der Waals surface area contributed by atoms with E-state index in [1.807, 2.05) is 18.2 Å². The van der Waals surface area contributed by atoms with E-state index in [2.05, 4.69) is 31.6 Å². The number of carbonyl (C=O) groups excluding carboxylic acids is 5. The van der Waals surface area contributed by atoms with Gasteiger partial charge in [-0.05, 0) is 163 Å². The second-order valence-electron chi connectivity index (χ2n) is 26.1. The molecule has 0 saturated carbocycles. The van der Waals surface area contributed by atoms with Gasteiger partial charge in [0, 0.05) is 93.8 Å². The van der Waals surface area contributed by atoms with Gasteiger partial charge >= 0.3 is 0 Å². The molecule has 0 radical (unpaired) electrons. The number of aromatic hydroxyl groups is 1. The van der Waals surface area contributed by atoms with Crippen LogP contribution in [-0.4, -0.2) is 169 Å². The number of aliphatic hydroxyl groups excluding tert-OH is 1. The van der Waals surface area contributed by atoms with Crippen LogP contribution in [0.4, 0.5) is 26.3 Å². The standard InChI is InChI=1S/C18H14FN3O2.2C18H17FN2O3.C17H14F2N2O2.C17H15FN2O3/c1-24-17-10-12(5-6-14(17)11-20)16-7-8-22(21-16)18(23)13-3-2-4-15(19)9-13;1-23-14-6-7-15(17(11-14)24-2)16-8-9-21(20-16)18(22)12-4-3-5-13(19)10-12;1-24-15-5-6-16(13(10-15)11-22)17-7-8-21(20-17)18(23)12-3-2-4-14(19)9-12;1-23-15-7-3-6-13(16(15)19)14-8-9-21(20-14)17(22)11-4-2-5-12(18)10-11;1-23-15-7-3-6-13(16(15)21)14-8-9-20(19-14)17(22)11-4-2-5-12(18)10-11/h2-6,9-10H,7-8H2,1H3;3-7,10-11H,8-9H2,1-2H3;2-6,9-10,22H,7-8,11H2,1H3;2-7,10H,8-9H2,1H3;2-7,10,21H,8-9H2,1H3. The quantitative estimate of drug-likeness (QED) is 0.0802. The Hall–Kier alpha value is -14.5. The minimum atomic E-state index is -0.506. The van der Waals surface area contributed by atoms with Crippen molar-refractivity contribution in [1.29, 1.82) is 5.26 Å². The molecule has 0 aliphatic carbocycles. The van der Waals surface area contributed by atoms with Gasteiger partial charge in [0.25, 0.3) is 29.5 Å². The predicted molar refractivity (Wildman–Crippen MR) is 427 cm³/mol. The second kappa shape index (κ2) is 39.5. The third kappa shape index (κ3) is 20.5. The molecular formula is C88H77F6N11O13. The van der Waals surface area contributed by atoms with E-state index in [0.29, 0.717) is 133 Å². The maximum atomic E-state index is 14.3. The van der Waals surface area contributed by atoms with Crippen LogP contribution in [0.1, 0.15) is 123 Å². The summed E-state index contributed by atoms with van der Waals surface area (Å²) in [5.74, 6) is -1.72. The summed E-state index contributed by atoms with van der Waals surface area (Å²) in [4.78, 5) is 61.9. The van der Waals surface area contributed by atoms with E-state index in [4.69, 9.17) is 33.7 Å². The number of halogens is 6. The van der Waals surface area contributed by atoms with Gasteiger partial charge in [0.05, 0.1) is 116 Å². The molecule has 2 N–H and O–H groups in total. The van der Waals surface area contributed by atoms with Crippen molar-refractivity contribution in [2.24, 2.45) is 25.5 Å². The van der Waals surface area contributed by atoms with Gasteiger partial charge in [-0.1, -0.05) is 48.5 Å². The first-order valence-electron chi connectivity index (χ1n) is 36.6. The molecule has 30 heteroatoms. The van der Waals surface area contributed by atoms with Crippen molar-refractivity contribution in [1.82, 2.24) is 25.0 Å². The zero-order chi connectivity index (χ0) is 84.1. The highest BCUT2D eigenvalue weighted by Gasteiger charge is 2.31. The third-order valence-electron chi connectivity index (χ3n) is 18.7. The van der Waals surface area contributed by atoms with Crippen LogP contribution in [0, 0.1) is 46.2 Å². The highest BCUT2D eigenvalue weighted by molar-refractivity contribution is 6.09. The Labute approximate surface area is 674 Å². The molecule has 118 heavy (non-hydrogen) atoms. The van der Waals surface area contributed by atoms with Crippen LogP contribution in [0.5, 0.6) is 40.2 Å². The molecule has 10 aromatic rings. The van der Waals surface area contributed by atoms with Crippen molar-refractivity contribution in [3.63, 3.8) is 0 Å². The van der Waals surface area contributed by atoms with Crippen LogP contribution in [0.15, 0.2) is 238 Å². The minimum Gasteiger partial charge on any atom is -0.504 e. The molecule has 5 aliphatic heterocycles. The first-order chi connectivity index (χ1) is 57.0. The molecule has 5 aliphatic rings. The summed E-state index contributed by atoms with van der Waals surface area (Å²) >= 11 is 0. The summed E-state index contributed by atoms with van der Waals surface area (Å²) in [5.41, 5.74) is 8.84. The second-order valence-corrected chi connectivity index (χ2v) is 26.1. The number of amides is 5. The molecule has 0 saturated heterocycles. The lowest BCUT2D eigenvalue weighted by molar-refractivity contribution is 0.0770. The first-order valence-corrected chi connectivity index (χ1v) is 36.6. The number of aliphatic hydroxyl groups is 1. The summed E-state index contributed by atoms with van der Waals surface area (Å²) in [7, 11) is 9.07. The maximum absolute atomic E-state index is 14.3. The van der Waals surface area contributed by atoms with E-state index in [1.54, 1.807) is 112 Å². The van der Waals surface area contributed by atoms with Crippen molar-refractivity contribution in [3.05, 3.63) is 314 Å². The molecule has 0 atom stereocenters. The molecule has 5 amide bonds. The summed E-state index contributed by atoms with van der Waals surface area (Å²) in [6, 6.07) is 55.5. The average molecular weight is 1610 g/mol. The lowest BCUT2D eigenvalue weighted by Crippen LogP contribution is -2.23. The molecule has 604 valence electrons. The largest absolute Gasteiger partial charge is 0.504 e. The SMILES string of the molecule is COc1cc(C2=NN(C(=O)c3cccc(F)c3)CC2)ccc1C#N.COc1ccc(C2=NN(C(=O)c3cccc(F)c3)CC2)c(CO)c1.COc1ccc(C2=NN(C(=O)c3cccc(F)c3)CC2)c(OC)c1.COc1cccc(C2=NN(C(=O)c3cccc(F)c3)CC2)c1F.COc1cccc(C2=NN(C(=O)c3cccc(F)c3)CC2)c1O. The Balaban J connectivity index is 0.000000145. The van der Waals surface area contributed by atoms with Crippen LogP contribution in [-0.2, 0) is 6.61 Å². The van der Waals surface area contributed by atoms with Gasteiger partial charge in [-0.2, -0.15) is 30.8 Å². The lowest BCUT2D eigenvalue weighted by Gasteiger charge is -2.11. The van der Waals surface area contributed by atoms with Crippen LogP contribution in [0.2, 0.25) is 0 Å². The zero-order valence-corrected chi connectivity index (χ0v) is 64.6. The van der Waals surface area contributed by atoms with E-state index >= 15 is 0 Å². The van der Waals surface area contributed by atoms with E-state index in [9.17, 15) is 60.5 Å². The van der Waals surface area contributed by atoms with Crippen molar-refractivity contribution in [2.75, 3.05) is 75.4 Å². The number of para-hydroxylation sites is 1. The zero-order valence-electron chi connectivity index (χ0n) is 64.6. The number of ether oxygens (including phenoxy) is 6. The van der Waals surface area contributed by atoms with Gasteiger partial charge in [-0.25, -0.2) is 51.4 Å². The third-order valence-corrected chi connectivity index (χ3v) is 18.7. The normalized spacial score (nSPS) is 13.7. The predicted octanol–water partition coefficient (Wildman–Crippen LogP) is 14.6. The van der Waals surface area contributed by atoms with Gasteiger partial charge in [-0.3, -0.25) is 24.0 Å². The van der Waals surface area contributed by atoms with Crippen molar-refractivity contribution in [2.45, 2.75) is 38.7 Å². The van der Waals surface area contributed by atoms with Gasteiger partial charge in [0.15, 0.2) is 23.1 Å². The molecule has 0 aromatic heterocycles. The van der Waals surface area contributed by atoms with E-state index in [0.717, 1.165) is 34.2 Å². The monoisotopic (exact) mass is 1610 g/mol. The molecule has 0 spiro atoms. The number of nitrogens with zero attached hydrogens (tertiary/aromatic N) is 11. The number of hydrazone groups is 5. The molecule has 0 unspecified atom stereocenters. The molecule has 10 aromatic carbocycles. The average Bonchev–Trinajstić information content (AvgIpc) is 1.69. The Morgan fingerprint density at radius 1 is 0.356 bits per heavy atom. The maximum Gasteiger partial charge on any atom is 0.274 e. The Morgan fingerprint density at radius 3 is 1.08 bits per heavy atom. The summed E-state index contributed by atoms with van der Waals surface area (Å²) < 4.78 is 112. The van der Waals surface area contributed by atoms with Crippen molar-refractivity contribution >= 4 is 58.1 Å². The lowest BCUT2D eigenvalue weighted by atomic mass is 10.0. The number of carbonyl (C=O) groups is 5. The Morgan fingerprint density at radius 2 is 0.695 bits per heavy atom. The van der Waals surface area contributed by atoms with Crippen LogP contribution < -0.4 is 28.4 Å². The molecule has 0 bridgehead atoms. The number of rotatable bonds is 17. The van der Waals surface area contributed by atoms with Crippen molar-refractivity contribution in [3.8, 4) is 46.3 Å². The van der Waals surface area contributed by atoms with E-state index < -0.39 is 40.8 Å². The molecule has 15 rings (SSSR count). The summed E-state index contributed by atoms with van der Waals surface area (Å²) in [6.45, 7) is 1.83. The van der Waals surface area contributed by atoms with Gasteiger partial charge in [-0.15, -0.1) is 0 Å². The summed E-state index contributed by atoms with van der Waals surface area (Å²) in [5, 5.41) is 56.8. The topological polar surface area (TPSA) is 283 Å². The summed E-state index contributed by atoms with van der Waals surface area (Å²) in [6.07, 6.45) is 2.67. The first kappa shape index (κ1) is 84.4. The fourth-order valence-corrected chi connectivity index (χ4v) is 12.8. The highest BCUT2D eigenvalue weighted by Crippen LogP contribution is 2.34. The molecule has 5 heterocycles. The van der Waals surface area contributed by atoms with Gasteiger partial charge in [0.2, 0.25) is 0 Å². The number of hydrogen-bond acceptors (Lipinski definition) is 19. The number of hydrogen-bond donors (Lipinski definition) is 2. The molecular weight excluding hydrogens is 1530 g/mol. The van der Waals surface area contributed by atoms with Gasteiger partial charge in [0.1, 0.15) is 58.2 Å². The minimum absolute atomic E-state index is 0.00574. The number of methoxy groups -OCH3 is 6. The van der Waals surface area contributed by atoms with Crippen LogP contribution >= 0.6 is 0 Å². The van der Waals surface area contributed by atoms with E-state index in [1.165, 1.54) is 143 Å². The van der Waals surface area contributed by atoms with Crippen LogP contribution in [0.3, 0.4) is 0 Å². The molecule has 0 fully saturated rings.